The fourth-order valence-corrected chi connectivity index (χ4v) is 1.66. The monoisotopic (exact) mass is 275 g/mol. The molecule has 2 atom stereocenters. The molecule has 0 saturated carbocycles. The van der Waals surface area contributed by atoms with E-state index >= 15 is 0 Å². The molecule has 0 radical (unpaired) electrons. The molecule has 0 aliphatic carbocycles. The van der Waals surface area contributed by atoms with Crippen LogP contribution in [-0.4, -0.2) is 54.0 Å². The van der Waals surface area contributed by atoms with Crippen LogP contribution in [0.25, 0.3) is 0 Å². The first-order valence-electron chi connectivity index (χ1n) is 6.35. The Morgan fingerprint density at radius 3 is 2.32 bits per heavy atom. The van der Waals surface area contributed by atoms with Crippen molar-refractivity contribution in [3.05, 3.63) is 0 Å². The second-order valence-electron chi connectivity index (χ2n) is 5.54. The van der Waals surface area contributed by atoms with Crippen LogP contribution in [0, 0.1) is 0 Å². The van der Waals surface area contributed by atoms with E-state index in [1.54, 1.807) is 4.90 Å². The molecule has 1 saturated heterocycles. The van der Waals surface area contributed by atoms with E-state index in [0.717, 1.165) is 12.8 Å². The largest absolute Gasteiger partial charge is 0.471 e. The topological polar surface area (TPSA) is 76.1 Å². The van der Waals surface area contributed by atoms with E-state index in [2.05, 4.69) is 4.74 Å². The lowest BCUT2D eigenvalue weighted by atomic mass is 10.0. The molecule has 6 heteroatoms. The maximum absolute atomic E-state index is 11.8. The van der Waals surface area contributed by atoms with Crippen LogP contribution in [0.3, 0.4) is 0 Å². The summed E-state index contributed by atoms with van der Waals surface area (Å²) in [7, 11) is 1.31. The van der Waals surface area contributed by atoms with Gasteiger partial charge in [-0.1, -0.05) is 0 Å². The smallest absolute Gasteiger partial charge is 0.410 e. The number of carbonyl (C=O) groups is 2. The lowest BCUT2D eigenvalue weighted by Crippen LogP contribution is -2.49. The van der Waals surface area contributed by atoms with Crippen LogP contribution >= 0.6 is 0 Å². The first kappa shape index (κ1) is 17.7. The van der Waals surface area contributed by atoms with Crippen molar-refractivity contribution >= 4 is 12.6 Å². The number of nitrogens with zero attached hydrogens (tertiary/aromatic N) is 1. The Balaban J connectivity index is 0.000000711. The number of aliphatic hydroxyl groups is 1. The molecule has 0 unspecified atom stereocenters. The lowest BCUT2D eigenvalue weighted by molar-refractivity contribution is -0.126. The molecular weight excluding hydrogens is 250 g/mol. The SMILES string of the molecule is COC=O.C[C@H]1CC[C@@H](O)CN1C(=O)OC(C)(C)C. The van der Waals surface area contributed by atoms with Crippen molar-refractivity contribution in [1.82, 2.24) is 4.90 Å². The van der Waals surface area contributed by atoms with Crippen molar-refractivity contribution in [2.24, 2.45) is 0 Å². The highest BCUT2D eigenvalue weighted by Gasteiger charge is 2.31. The number of β-amino-alcohol motifs (C(OH)–C–C–N with tert-alkyl or cyclic N) is 1. The number of rotatable bonds is 1. The molecule has 6 nitrogen and oxygen atoms in total. The molecule has 0 aromatic heterocycles. The molecule has 1 aliphatic heterocycles. The Bertz CT molecular complexity index is 287. The fourth-order valence-electron chi connectivity index (χ4n) is 1.66. The quantitative estimate of drug-likeness (QED) is 0.735. The zero-order chi connectivity index (χ0) is 15.1. The highest BCUT2D eigenvalue weighted by Crippen LogP contribution is 2.20. The minimum absolute atomic E-state index is 0.156. The Kier molecular flexibility index (Phi) is 7.44. The maximum Gasteiger partial charge on any atom is 0.410 e. The van der Waals surface area contributed by atoms with E-state index in [9.17, 15) is 9.90 Å². The van der Waals surface area contributed by atoms with Gasteiger partial charge in [0, 0.05) is 6.04 Å². The molecule has 1 aliphatic rings. The first-order valence-corrected chi connectivity index (χ1v) is 6.35. The summed E-state index contributed by atoms with van der Waals surface area (Å²) in [6.07, 6.45) is 0.864. The van der Waals surface area contributed by atoms with Gasteiger partial charge in [-0.3, -0.25) is 4.79 Å². The Labute approximate surface area is 114 Å². The minimum atomic E-state index is -0.473. The highest BCUT2D eigenvalue weighted by atomic mass is 16.6. The molecule has 1 heterocycles. The van der Waals surface area contributed by atoms with Gasteiger partial charge in [0.2, 0.25) is 0 Å². The third kappa shape index (κ3) is 7.66. The van der Waals surface area contributed by atoms with E-state index in [4.69, 9.17) is 9.53 Å². The number of methoxy groups -OCH3 is 1. The summed E-state index contributed by atoms with van der Waals surface area (Å²) in [6, 6.07) is 0.156. The summed E-state index contributed by atoms with van der Waals surface area (Å²) < 4.78 is 9.13. The first-order chi connectivity index (χ1) is 8.71. The number of carbonyl (C=O) groups excluding carboxylic acids is 2. The average Bonchev–Trinajstić information content (AvgIpc) is 2.30. The van der Waals surface area contributed by atoms with Crippen LogP contribution in [0.4, 0.5) is 4.79 Å². The molecule has 19 heavy (non-hydrogen) atoms. The Morgan fingerprint density at radius 1 is 1.37 bits per heavy atom. The summed E-state index contributed by atoms with van der Waals surface area (Å²) in [5.74, 6) is 0. The van der Waals surface area contributed by atoms with Crippen molar-refractivity contribution in [3.8, 4) is 0 Å². The summed E-state index contributed by atoms with van der Waals surface area (Å²) in [5.41, 5.74) is -0.473. The average molecular weight is 275 g/mol. The second kappa shape index (κ2) is 7.99. The van der Waals surface area contributed by atoms with Gasteiger partial charge in [0.1, 0.15) is 5.60 Å². The zero-order valence-electron chi connectivity index (χ0n) is 12.4. The molecule has 1 rings (SSSR count). The van der Waals surface area contributed by atoms with Gasteiger partial charge >= 0.3 is 6.09 Å². The molecule has 0 spiro atoms. The number of likely N-dealkylation sites (tertiary alicyclic amines) is 1. The Morgan fingerprint density at radius 2 is 1.89 bits per heavy atom. The lowest BCUT2D eigenvalue weighted by Gasteiger charge is -2.36. The molecule has 0 aromatic rings. The van der Waals surface area contributed by atoms with Crippen LogP contribution in [0.1, 0.15) is 40.5 Å². The predicted octanol–water partition coefficient (Wildman–Crippen LogP) is 1.56. The summed E-state index contributed by atoms with van der Waals surface area (Å²) in [4.78, 5) is 22.3. The van der Waals surface area contributed by atoms with E-state index < -0.39 is 11.7 Å². The van der Waals surface area contributed by atoms with Gasteiger partial charge in [-0.25, -0.2) is 4.79 Å². The molecule has 1 N–H and O–H groups in total. The molecule has 0 aromatic carbocycles. The Hall–Kier alpha value is -1.30. The van der Waals surface area contributed by atoms with Crippen molar-refractivity contribution in [2.75, 3.05) is 13.7 Å². The maximum atomic E-state index is 11.8. The molecule has 1 fully saturated rings. The van der Waals surface area contributed by atoms with E-state index in [-0.39, 0.29) is 12.1 Å². The number of ether oxygens (including phenoxy) is 2. The number of hydrogen-bond donors (Lipinski definition) is 1. The predicted molar refractivity (Wildman–Crippen MR) is 70.7 cm³/mol. The van der Waals surface area contributed by atoms with E-state index in [1.807, 2.05) is 27.7 Å². The van der Waals surface area contributed by atoms with Gasteiger partial charge < -0.3 is 19.5 Å². The van der Waals surface area contributed by atoms with Crippen LogP contribution in [-0.2, 0) is 14.3 Å². The summed E-state index contributed by atoms with van der Waals surface area (Å²) >= 11 is 0. The third-order valence-electron chi connectivity index (χ3n) is 2.58. The van der Waals surface area contributed by atoms with Gasteiger partial charge in [0.05, 0.1) is 19.8 Å². The molecule has 1 amide bonds. The van der Waals surface area contributed by atoms with Crippen molar-refractivity contribution in [2.45, 2.75) is 58.3 Å². The third-order valence-corrected chi connectivity index (χ3v) is 2.58. The summed E-state index contributed by atoms with van der Waals surface area (Å²) in [6.45, 7) is 8.27. The van der Waals surface area contributed by atoms with Crippen LogP contribution in [0.2, 0.25) is 0 Å². The van der Waals surface area contributed by atoms with Gasteiger partial charge in [-0.2, -0.15) is 0 Å². The normalized spacial score (nSPS) is 22.9. The molecular formula is C13H25NO5. The van der Waals surface area contributed by atoms with Crippen molar-refractivity contribution < 1.29 is 24.2 Å². The van der Waals surface area contributed by atoms with E-state index in [0.29, 0.717) is 13.0 Å². The van der Waals surface area contributed by atoms with Gasteiger partial charge in [-0.05, 0) is 40.5 Å². The standard InChI is InChI=1S/C11H21NO3.C2H4O2/c1-8-5-6-9(13)7-12(8)10(14)15-11(2,3)4;1-4-2-3/h8-9,13H,5-7H2,1-4H3;2H,1H3/t8-,9+;/m0./s1. The zero-order valence-corrected chi connectivity index (χ0v) is 12.4. The number of hydrogen-bond acceptors (Lipinski definition) is 5. The van der Waals surface area contributed by atoms with Gasteiger partial charge in [0.15, 0.2) is 0 Å². The van der Waals surface area contributed by atoms with E-state index in [1.165, 1.54) is 7.11 Å². The van der Waals surface area contributed by atoms with Crippen molar-refractivity contribution in [3.63, 3.8) is 0 Å². The van der Waals surface area contributed by atoms with Crippen LogP contribution in [0.5, 0.6) is 0 Å². The van der Waals surface area contributed by atoms with Crippen LogP contribution in [0.15, 0.2) is 0 Å². The molecule has 0 bridgehead atoms. The van der Waals surface area contributed by atoms with Gasteiger partial charge in [-0.15, -0.1) is 0 Å². The fraction of sp³-hybridized carbons (Fsp3) is 0.846. The van der Waals surface area contributed by atoms with Crippen molar-refractivity contribution in [1.29, 1.82) is 0 Å². The summed E-state index contributed by atoms with van der Waals surface area (Å²) in [5, 5.41) is 9.50. The molecule has 112 valence electrons. The number of amides is 1. The van der Waals surface area contributed by atoms with Crippen LogP contribution < -0.4 is 0 Å². The number of piperidine rings is 1. The second-order valence-corrected chi connectivity index (χ2v) is 5.54. The highest BCUT2D eigenvalue weighted by molar-refractivity contribution is 5.68. The van der Waals surface area contributed by atoms with Gasteiger partial charge in [0.25, 0.3) is 6.47 Å². The number of aliphatic hydroxyl groups excluding tert-OH is 1. The minimum Gasteiger partial charge on any atom is -0.471 e.